The van der Waals surface area contributed by atoms with Crippen LogP contribution in [0.15, 0.2) is 76.7 Å². The largest absolute Gasteiger partial charge is 0.494 e. The average molecular weight is 518 g/mol. The molecule has 0 bridgehead atoms. The van der Waals surface area contributed by atoms with Crippen molar-refractivity contribution in [2.45, 2.75) is 37.2 Å². The Morgan fingerprint density at radius 3 is 2.44 bits per heavy atom. The Labute approximate surface area is 210 Å². The maximum Gasteiger partial charge on any atom is 0.241 e. The van der Waals surface area contributed by atoms with E-state index in [-0.39, 0.29) is 10.9 Å². The third-order valence-electron chi connectivity index (χ3n) is 5.58. The molecule has 4 rings (SSSR count). The van der Waals surface area contributed by atoms with Gasteiger partial charge in [0.15, 0.2) is 0 Å². The Hall–Kier alpha value is -2.58. The molecule has 0 radical (unpaired) electrons. The van der Waals surface area contributed by atoms with Crippen LogP contribution in [0, 0.1) is 6.92 Å². The molecule has 2 atom stereocenters. The van der Waals surface area contributed by atoms with E-state index in [0.717, 1.165) is 16.9 Å². The van der Waals surface area contributed by atoms with Crippen molar-refractivity contribution in [3.63, 3.8) is 0 Å². The molecule has 2 N–H and O–H groups in total. The number of nitrogens with zero attached hydrogens (tertiary/aromatic N) is 1. The van der Waals surface area contributed by atoms with Gasteiger partial charge in [0.05, 0.1) is 29.3 Å². The van der Waals surface area contributed by atoms with Gasteiger partial charge in [-0.15, -0.1) is 0 Å². The van der Waals surface area contributed by atoms with E-state index >= 15 is 0 Å². The van der Waals surface area contributed by atoms with E-state index in [1.165, 1.54) is 0 Å². The molecule has 1 heterocycles. The summed E-state index contributed by atoms with van der Waals surface area (Å²) in [5, 5.41) is 5.32. The maximum absolute atomic E-state index is 13.2. The van der Waals surface area contributed by atoms with Gasteiger partial charge in [0.1, 0.15) is 5.75 Å². The van der Waals surface area contributed by atoms with Crippen LogP contribution < -0.4 is 14.9 Å². The SMILES string of the molecule is CCOc1ccc(C2CC(C(NS(=O)(=O)c3ccc(C)cc3)c3ccc(Cl)cc3Cl)=NN2)cc1. The van der Waals surface area contributed by atoms with Gasteiger partial charge in [0.25, 0.3) is 0 Å². The molecular weight excluding hydrogens is 493 g/mol. The van der Waals surface area contributed by atoms with Crippen molar-refractivity contribution in [2.75, 3.05) is 6.61 Å². The number of hydrazone groups is 1. The van der Waals surface area contributed by atoms with E-state index in [4.69, 9.17) is 27.9 Å². The highest BCUT2D eigenvalue weighted by atomic mass is 35.5. The van der Waals surface area contributed by atoms with Crippen molar-refractivity contribution >= 4 is 38.9 Å². The molecule has 1 aliphatic rings. The topological polar surface area (TPSA) is 79.8 Å². The van der Waals surface area contributed by atoms with Gasteiger partial charge in [-0.1, -0.05) is 59.1 Å². The first-order chi connectivity index (χ1) is 16.3. The van der Waals surface area contributed by atoms with Crippen molar-refractivity contribution in [1.29, 1.82) is 0 Å². The Bertz CT molecular complexity index is 1290. The van der Waals surface area contributed by atoms with E-state index in [0.29, 0.717) is 34.3 Å². The quantitative estimate of drug-likeness (QED) is 0.395. The number of ether oxygens (including phenoxy) is 1. The van der Waals surface area contributed by atoms with Gasteiger partial charge in [-0.2, -0.15) is 9.82 Å². The van der Waals surface area contributed by atoms with Crippen molar-refractivity contribution < 1.29 is 13.2 Å². The summed E-state index contributed by atoms with van der Waals surface area (Å²) < 4.78 is 34.8. The van der Waals surface area contributed by atoms with Crippen LogP contribution in [0.1, 0.15) is 42.1 Å². The van der Waals surface area contributed by atoms with Crippen LogP contribution in [0.3, 0.4) is 0 Å². The summed E-state index contributed by atoms with van der Waals surface area (Å²) in [6, 6.07) is 18.6. The average Bonchev–Trinajstić information content (AvgIpc) is 3.29. The van der Waals surface area contributed by atoms with E-state index in [1.807, 2.05) is 38.1 Å². The lowest BCUT2D eigenvalue weighted by Crippen LogP contribution is -2.33. The fourth-order valence-electron chi connectivity index (χ4n) is 3.79. The fourth-order valence-corrected chi connectivity index (χ4v) is 5.51. The Kier molecular flexibility index (Phi) is 7.48. The highest BCUT2D eigenvalue weighted by Crippen LogP contribution is 2.33. The molecule has 3 aromatic rings. The van der Waals surface area contributed by atoms with E-state index in [9.17, 15) is 8.42 Å². The minimum atomic E-state index is -3.85. The van der Waals surface area contributed by atoms with Gasteiger partial charge in [-0.05, 0) is 61.4 Å². The van der Waals surface area contributed by atoms with E-state index in [2.05, 4.69) is 15.2 Å². The van der Waals surface area contributed by atoms with Gasteiger partial charge in [0, 0.05) is 16.5 Å². The minimum Gasteiger partial charge on any atom is -0.494 e. The van der Waals surface area contributed by atoms with Gasteiger partial charge in [-0.3, -0.25) is 0 Å². The predicted octanol–water partition coefficient (Wildman–Crippen LogP) is 5.81. The zero-order valence-corrected chi connectivity index (χ0v) is 21.1. The molecule has 178 valence electrons. The molecule has 0 saturated heterocycles. The molecule has 0 aliphatic carbocycles. The summed E-state index contributed by atoms with van der Waals surface area (Å²) in [6.07, 6.45) is 0.494. The number of nitrogens with one attached hydrogen (secondary N) is 2. The summed E-state index contributed by atoms with van der Waals surface area (Å²) in [6.45, 7) is 4.44. The number of aryl methyl sites for hydroxylation is 1. The maximum atomic E-state index is 13.2. The first-order valence-corrected chi connectivity index (χ1v) is 13.1. The molecule has 0 fully saturated rings. The highest BCUT2D eigenvalue weighted by Gasteiger charge is 2.32. The summed E-state index contributed by atoms with van der Waals surface area (Å²) in [5.74, 6) is 0.794. The Morgan fingerprint density at radius 1 is 1.09 bits per heavy atom. The number of halogens is 2. The number of hydrogen-bond acceptors (Lipinski definition) is 5. The lowest BCUT2D eigenvalue weighted by atomic mass is 9.96. The van der Waals surface area contributed by atoms with Crippen LogP contribution in [0.25, 0.3) is 0 Å². The summed E-state index contributed by atoms with van der Waals surface area (Å²) >= 11 is 12.6. The first kappa shape index (κ1) is 24.5. The molecule has 0 amide bonds. The first-order valence-electron chi connectivity index (χ1n) is 10.9. The van der Waals surface area contributed by atoms with Crippen molar-refractivity contribution in [2.24, 2.45) is 5.10 Å². The van der Waals surface area contributed by atoms with Crippen molar-refractivity contribution in [3.05, 3.63) is 93.5 Å². The predicted molar refractivity (Wildman–Crippen MR) is 136 cm³/mol. The van der Waals surface area contributed by atoms with Crippen LogP contribution in [0.4, 0.5) is 0 Å². The number of sulfonamides is 1. The monoisotopic (exact) mass is 517 g/mol. The van der Waals surface area contributed by atoms with Crippen LogP contribution in [-0.4, -0.2) is 20.7 Å². The normalized spacial score (nSPS) is 16.6. The van der Waals surface area contributed by atoms with Crippen LogP contribution in [0.5, 0.6) is 5.75 Å². The van der Waals surface area contributed by atoms with Gasteiger partial charge in [-0.25, -0.2) is 8.42 Å². The summed E-state index contributed by atoms with van der Waals surface area (Å²) in [4.78, 5) is 0.169. The second kappa shape index (κ2) is 10.4. The smallest absolute Gasteiger partial charge is 0.241 e. The van der Waals surface area contributed by atoms with E-state index < -0.39 is 16.1 Å². The molecule has 0 aromatic heterocycles. The van der Waals surface area contributed by atoms with Crippen LogP contribution in [0.2, 0.25) is 10.0 Å². The second-order valence-corrected chi connectivity index (χ2v) is 10.6. The molecule has 3 aromatic carbocycles. The zero-order chi connectivity index (χ0) is 24.3. The van der Waals surface area contributed by atoms with Crippen LogP contribution in [-0.2, 0) is 10.0 Å². The molecule has 2 unspecified atom stereocenters. The Balaban J connectivity index is 1.63. The molecular formula is C25H25Cl2N3O3S. The standard InChI is InChI=1S/C25H25Cl2N3O3S/c1-3-33-19-9-6-17(7-10-19)23-15-24(29-28-23)25(21-13-8-18(26)14-22(21)27)30-34(31,32)20-11-4-16(2)5-12-20/h4-14,23,25,28,30H,3,15H2,1-2H3. The fraction of sp³-hybridized carbons (Fsp3) is 0.240. The van der Waals surface area contributed by atoms with Crippen molar-refractivity contribution in [1.82, 2.24) is 10.1 Å². The lowest BCUT2D eigenvalue weighted by molar-refractivity contribution is 0.340. The third-order valence-corrected chi connectivity index (χ3v) is 7.58. The second-order valence-electron chi connectivity index (χ2n) is 8.02. The van der Waals surface area contributed by atoms with Crippen molar-refractivity contribution in [3.8, 4) is 5.75 Å². The van der Waals surface area contributed by atoms with Crippen LogP contribution >= 0.6 is 23.2 Å². The van der Waals surface area contributed by atoms with E-state index in [1.54, 1.807) is 42.5 Å². The molecule has 0 saturated carbocycles. The molecule has 0 spiro atoms. The van der Waals surface area contributed by atoms with Gasteiger partial charge in [0.2, 0.25) is 10.0 Å². The zero-order valence-electron chi connectivity index (χ0n) is 18.8. The summed E-state index contributed by atoms with van der Waals surface area (Å²) in [5.41, 5.74) is 6.32. The number of hydrogen-bond donors (Lipinski definition) is 2. The minimum absolute atomic E-state index is 0.108. The molecule has 6 nitrogen and oxygen atoms in total. The van der Waals surface area contributed by atoms with Gasteiger partial charge >= 0.3 is 0 Å². The molecule has 34 heavy (non-hydrogen) atoms. The van der Waals surface area contributed by atoms with Gasteiger partial charge < -0.3 is 10.2 Å². The lowest BCUT2D eigenvalue weighted by Gasteiger charge is -2.21. The highest BCUT2D eigenvalue weighted by molar-refractivity contribution is 7.89. The summed E-state index contributed by atoms with van der Waals surface area (Å²) in [7, 11) is -3.85. The Morgan fingerprint density at radius 2 is 1.79 bits per heavy atom. The molecule has 9 heteroatoms. The number of benzene rings is 3. The third kappa shape index (κ3) is 5.55. The number of rotatable bonds is 8. The molecule has 1 aliphatic heterocycles.